The maximum atomic E-state index is 12.4. The molecule has 9 nitrogen and oxygen atoms in total. The Balaban J connectivity index is 1.39. The molecule has 0 saturated heterocycles. The molecule has 156 valence electrons. The molecule has 0 radical (unpaired) electrons. The second-order valence-electron chi connectivity index (χ2n) is 6.34. The third-order valence-electron chi connectivity index (χ3n) is 4.36. The highest BCUT2D eigenvalue weighted by Crippen LogP contribution is 2.26. The zero-order valence-electron chi connectivity index (χ0n) is 16.2. The lowest BCUT2D eigenvalue weighted by molar-refractivity contribution is -0.119. The molecule has 0 unspecified atom stereocenters. The Hall–Kier alpha value is -4.05. The van der Waals surface area contributed by atoms with Crippen LogP contribution in [-0.2, 0) is 9.53 Å². The molecule has 2 aromatic carbocycles. The normalized spacial score (nSPS) is 10.6. The van der Waals surface area contributed by atoms with Gasteiger partial charge >= 0.3 is 5.97 Å². The van der Waals surface area contributed by atoms with Gasteiger partial charge in [-0.3, -0.25) is 14.9 Å². The Kier molecular flexibility index (Phi) is 5.72. The van der Waals surface area contributed by atoms with E-state index in [-0.39, 0.29) is 5.69 Å². The minimum absolute atomic E-state index is 0.0703. The highest BCUT2D eigenvalue weighted by atomic mass is 32.1. The van der Waals surface area contributed by atoms with Crippen LogP contribution in [0.1, 0.15) is 10.5 Å². The largest absolute Gasteiger partial charge is 0.497 e. The number of aromatic nitrogens is 3. The number of carbonyl (C=O) groups is 2. The highest BCUT2D eigenvalue weighted by Gasteiger charge is 2.17. The molecule has 0 fully saturated rings. The lowest BCUT2D eigenvalue weighted by Crippen LogP contribution is -2.22. The summed E-state index contributed by atoms with van der Waals surface area (Å²) in [6.45, 7) is -0.522. The molecular weight excluding hydrogens is 420 g/mol. The number of nitrogens with one attached hydrogen (secondary N) is 2. The number of benzene rings is 2. The second kappa shape index (κ2) is 8.76. The summed E-state index contributed by atoms with van der Waals surface area (Å²) in [4.78, 5) is 40.7. The molecule has 0 bridgehead atoms. The van der Waals surface area contributed by atoms with Crippen molar-refractivity contribution in [3.8, 4) is 17.0 Å². The highest BCUT2D eigenvalue weighted by molar-refractivity contribution is 7.14. The number of hydrogen-bond donors (Lipinski definition) is 2. The van der Waals surface area contributed by atoms with E-state index in [4.69, 9.17) is 9.47 Å². The van der Waals surface area contributed by atoms with Gasteiger partial charge in [-0.05, 0) is 30.3 Å². The fourth-order valence-corrected chi connectivity index (χ4v) is 3.59. The predicted octanol–water partition coefficient (Wildman–Crippen LogP) is 2.85. The van der Waals surface area contributed by atoms with Crippen LogP contribution in [0.5, 0.6) is 5.75 Å². The van der Waals surface area contributed by atoms with Gasteiger partial charge in [0.05, 0.1) is 18.2 Å². The van der Waals surface area contributed by atoms with Crippen molar-refractivity contribution < 1.29 is 19.1 Å². The van der Waals surface area contributed by atoms with Gasteiger partial charge in [-0.1, -0.05) is 18.2 Å². The van der Waals surface area contributed by atoms with Crippen molar-refractivity contribution in [3.05, 3.63) is 70.0 Å². The number of nitrogens with zero attached hydrogens (tertiary/aromatic N) is 2. The van der Waals surface area contributed by atoms with Gasteiger partial charge in [-0.15, -0.1) is 11.3 Å². The number of aromatic amines is 1. The molecule has 0 spiro atoms. The van der Waals surface area contributed by atoms with Gasteiger partial charge in [-0.25, -0.2) is 14.9 Å². The Morgan fingerprint density at radius 3 is 2.58 bits per heavy atom. The average molecular weight is 436 g/mol. The Bertz CT molecular complexity index is 1310. The van der Waals surface area contributed by atoms with Crippen molar-refractivity contribution >= 4 is 39.1 Å². The molecule has 2 heterocycles. The van der Waals surface area contributed by atoms with E-state index in [0.29, 0.717) is 21.6 Å². The van der Waals surface area contributed by atoms with Crippen molar-refractivity contribution in [2.45, 2.75) is 0 Å². The summed E-state index contributed by atoms with van der Waals surface area (Å²) in [5, 5.41) is 11.4. The molecule has 0 saturated carbocycles. The van der Waals surface area contributed by atoms with E-state index in [2.05, 4.69) is 20.5 Å². The molecular formula is C21H16N4O5S. The first-order valence-corrected chi connectivity index (χ1v) is 9.97. The van der Waals surface area contributed by atoms with Gasteiger partial charge in [0.1, 0.15) is 5.75 Å². The number of esters is 1. The number of anilines is 1. The second-order valence-corrected chi connectivity index (χ2v) is 7.20. The lowest BCUT2D eigenvalue weighted by Gasteiger charge is -2.06. The number of thiazole rings is 1. The van der Waals surface area contributed by atoms with Gasteiger partial charge in [-0.2, -0.15) is 5.10 Å². The average Bonchev–Trinajstić information content (AvgIpc) is 3.26. The molecule has 0 atom stereocenters. The molecule has 2 aromatic heterocycles. The summed E-state index contributed by atoms with van der Waals surface area (Å²) in [5.74, 6) is -0.627. The van der Waals surface area contributed by atoms with E-state index in [9.17, 15) is 14.4 Å². The van der Waals surface area contributed by atoms with E-state index in [1.54, 1.807) is 36.8 Å². The van der Waals surface area contributed by atoms with E-state index in [0.717, 1.165) is 11.3 Å². The topological polar surface area (TPSA) is 123 Å². The number of rotatable bonds is 6. The van der Waals surface area contributed by atoms with Crippen LogP contribution < -0.4 is 15.6 Å². The summed E-state index contributed by atoms with van der Waals surface area (Å²) in [7, 11) is 1.59. The van der Waals surface area contributed by atoms with Crippen molar-refractivity contribution in [3.63, 3.8) is 0 Å². The van der Waals surface area contributed by atoms with Crippen molar-refractivity contribution in [2.24, 2.45) is 0 Å². The van der Waals surface area contributed by atoms with E-state index in [1.165, 1.54) is 11.3 Å². The monoisotopic (exact) mass is 436 g/mol. The fourth-order valence-electron chi connectivity index (χ4n) is 2.85. The van der Waals surface area contributed by atoms with E-state index < -0.39 is 24.0 Å². The van der Waals surface area contributed by atoms with Crippen LogP contribution in [0.15, 0.2) is 58.7 Å². The number of hydrogen-bond acceptors (Lipinski definition) is 8. The summed E-state index contributed by atoms with van der Waals surface area (Å²) in [5.41, 5.74) is 1.09. The summed E-state index contributed by atoms with van der Waals surface area (Å²) < 4.78 is 10.2. The quantitative estimate of drug-likeness (QED) is 0.446. The van der Waals surface area contributed by atoms with E-state index >= 15 is 0 Å². The molecule has 2 N–H and O–H groups in total. The number of methoxy groups -OCH3 is 1. The zero-order valence-corrected chi connectivity index (χ0v) is 17.1. The van der Waals surface area contributed by atoms with Gasteiger partial charge in [0.15, 0.2) is 17.4 Å². The van der Waals surface area contributed by atoms with Crippen LogP contribution >= 0.6 is 11.3 Å². The maximum Gasteiger partial charge on any atom is 0.359 e. The minimum Gasteiger partial charge on any atom is -0.497 e. The molecule has 0 aliphatic carbocycles. The Morgan fingerprint density at radius 2 is 1.84 bits per heavy atom. The zero-order chi connectivity index (χ0) is 21.8. The molecule has 10 heteroatoms. The molecule has 0 aliphatic heterocycles. The van der Waals surface area contributed by atoms with Crippen LogP contribution in [0.4, 0.5) is 5.13 Å². The van der Waals surface area contributed by atoms with Gasteiger partial charge < -0.3 is 9.47 Å². The summed E-state index contributed by atoms with van der Waals surface area (Å²) in [6, 6.07) is 13.9. The van der Waals surface area contributed by atoms with Crippen LogP contribution in [0.25, 0.3) is 22.0 Å². The molecule has 1 amide bonds. The fraction of sp³-hybridized carbons (Fsp3) is 0.0952. The number of amides is 1. The summed E-state index contributed by atoms with van der Waals surface area (Å²) in [6.07, 6.45) is 0. The van der Waals surface area contributed by atoms with Gasteiger partial charge in [0, 0.05) is 16.3 Å². The van der Waals surface area contributed by atoms with Crippen molar-refractivity contribution in [1.29, 1.82) is 0 Å². The number of H-pyrrole nitrogens is 1. The van der Waals surface area contributed by atoms with Crippen LogP contribution in [0.2, 0.25) is 0 Å². The van der Waals surface area contributed by atoms with Crippen LogP contribution in [0, 0.1) is 0 Å². The first kappa shape index (κ1) is 20.2. The smallest absolute Gasteiger partial charge is 0.359 e. The van der Waals surface area contributed by atoms with E-state index in [1.807, 2.05) is 24.3 Å². The van der Waals surface area contributed by atoms with Gasteiger partial charge in [0.25, 0.3) is 11.5 Å². The first-order valence-electron chi connectivity index (χ1n) is 9.09. The molecule has 31 heavy (non-hydrogen) atoms. The standard InChI is InChI=1S/C21H16N4O5S/c1-29-13-8-6-12(7-9-13)16-11-31-21(22-16)23-17(26)10-30-20(28)18-14-4-2-3-5-15(14)19(27)25-24-18/h2-9,11H,10H2,1H3,(H,25,27)(H,22,23,26). The number of carbonyl (C=O) groups excluding carboxylic acids is 2. The minimum atomic E-state index is -0.819. The van der Waals surface area contributed by atoms with Crippen molar-refractivity contribution in [1.82, 2.24) is 15.2 Å². The predicted molar refractivity (Wildman–Crippen MR) is 115 cm³/mol. The van der Waals surface area contributed by atoms with Gasteiger partial charge in [0.2, 0.25) is 0 Å². The third kappa shape index (κ3) is 4.43. The molecule has 0 aliphatic rings. The SMILES string of the molecule is COc1ccc(-c2csc(NC(=O)COC(=O)c3n[nH]c(=O)c4ccccc34)n2)cc1. The maximum absolute atomic E-state index is 12.4. The van der Waals surface area contributed by atoms with Crippen LogP contribution in [-0.4, -0.2) is 40.8 Å². The Morgan fingerprint density at radius 1 is 1.10 bits per heavy atom. The number of fused-ring (bicyclic) bond motifs is 1. The van der Waals surface area contributed by atoms with Crippen molar-refractivity contribution in [2.75, 3.05) is 19.0 Å². The van der Waals surface area contributed by atoms with Crippen LogP contribution in [0.3, 0.4) is 0 Å². The molecule has 4 aromatic rings. The Labute approximate surface area is 179 Å². The summed E-state index contributed by atoms with van der Waals surface area (Å²) >= 11 is 1.25. The lowest BCUT2D eigenvalue weighted by atomic mass is 10.1. The third-order valence-corrected chi connectivity index (χ3v) is 5.12. The molecule has 4 rings (SSSR count). The number of ether oxygens (including phenoxy) is 2. The first-order chi connectivity index (χ1) is 15.0.